The van der Waals surface area contributed by atoms with Gasteiger partial charge in [-0.2, -0.15) is 0 Å². The second-order valence-corrected chi connectivity index (χ2v) is 3.27. The van der Waals surface area contributed by atoms with Gasteiger partial charge in [0.2, 0.25) is 0 Å². The maximum atomic E-state index is 3.89. The van der Waals surface area contributed by atoms with Crippen molar-refractivity contribution in [2.24, 2.45) is 11.8 Å². The summed E-state index contributed by atoms with van der Waals surface area (Å²) in [6, 6.07) is 0.589. The van der Waals surface area contributed by atoms with E-state index >= 15 is 0 Å². The van der Waals surface area contributed by atoms with Crippen LogP contribution in [0, 0.1) is 11.8 Å². The van der Waals surface area contributed by atoms with Crippen molar-refractivity contribution in [3.05, 3.63) is 6.33 Å². The first-order chi connectivity index (χ1) is 5.47. The zero-order chi connectivity index (χ0) is 7.26. The minimum atomic E-state index is 0.589. The monoisotopic (exact) mass is 151 g/mol. The first-order valence-electron chi connectivity index (χ1n) is 3.90. The summed E-state index contributed by atoms with van der Waals surface area (Å²) < 4.78 is 1.89. The van der Waals surface area contributed by atoms with Crippen molar-refractivity contribution in [1.29, 1.82) is 0 Å². The summed E-state index contributed by atoms with van der Waals surface area (Å²) in [5, 5.41) is 14.5. The smallest absolute Gasteiger partial charge is 0.138 e. The summed E-state index contributed by atoms with van der Waals surface area (Å²) in [7, 11) is 0. The molecule has 1 aromatic heterocycles. The van der Waals surface area contributed by atoms with E-state index in [1.807, 2.05) is 4.68 Å². The van der Waals surface area contributed by atoms with Crippen LogP contribution in [0.4, 0.5) is 0 Å². The van der Waals surface area contributed by atoms with Crippen LogP contribution in [0.2, 0.25) is 0 Å². The predicted molar refractivity (Wildman–Crippen MR) is 36.7 cm³/mol. The Morgan fingerprint density at radius 3 is 2.82 bits per heavy atom. The van der Waals surface area contributed by atoms with Crippen molar-refractivity contribution < 1.29 is 0 Å². The molecule has 2 atom stereocenters. The third kappa shape index (κ3) is 0.659. The molecule has 2 heterocycles. The van der Waals surface area contributed by atoms with Crippen LogP contribution in [0.3, 0.4) is 0 Å². The lowest BCUT2D eigenvalue weighted by molar-refractivity contribution is 0.509. The number of tetrazole rings is 1. The van der Waals surface area contributed by atoms with E-state index in [0.717, 1.165) is 24.9 Å². The van der Waals surface area contributed by atoms with Crippen molar-refractivity contribution in [2.45, 2.75) is 6.04 Å². The molecule has 11 heavy (non-hydrogen) atoms. The van der Waals surface area contributed by atoms with Gasteiger partial charge in [0.25, 0.3) is 0 Å². The van der Waals surface area contributed by atoms with E-state index in [2.05, 4.69) is 20.8 Å². The van der Waals surface area contributed by atoms with Crippen LogP contribution in [-0.2, 0) is 0 Å². The van der Waals surface area contributed by atoms with Crippen molar-refractivity contribution in [2.75, 3.05) is 13.1 Å². The molecule has 0 amide bonds. The van der Waals surface area contributed by atoms with Gasteiger partial charge in [0.15, 0.2) is 0 Å². The Kier molecular flexibility index (Phi) is 0.920. The fraction of sp³-hybridized carbons (Fsp3) is 0.833. The molecule has 2 unspecified atom stereocenters. The Balaban J connectivity index is 1.85. The van der Waals surface area contributed by atoms with Crippen LogP contribution in [0.1, 0.15) is 6.04 Å². The molecule has 58 valence electrons. The molecule has 0 bridgehead atoms. The van der Waals surface area contributed by atoms with E-state index in [4.69, 9.17) is 0 Å². The van der Waals surface area contributed by atoms with E-state index in [0.29, 0.717) is 6.04 Å². The van der Waals surface area contributed by atoms with Crippen LogP contribution in [0.15, 0.2) is 6.33 Å². The lowest BCUT2D eigenvalue weighted by Crippen LogP contribution is -2.16. The van der Waals surface area contributed by atoms with Gasteiger partial charge in [-0.1, -0.05) is 0 Å². The Labute approximate surface area is 63.8 Å². The van der Waals surface area contributed by atoms with Gasteiger partial charge in [-0.05, 0) is 10.4 Å². The standard InChI is InChI=1S/C6H9N5/c1-4-5(2-7-1)6(4)11-3-8-9-10-11/h3-7H,1-2H2. The van der Waals surface area contributed by atoms with Gasteiger partial charge in [0, 0.05) is 24.9 Å². The normalized spacial score (nSPS) is 40.5. The Hall–Kier alpha value is -0.970. The summed E-state index contributed by atoms with van der Waals surface area (Å²) in [6.45, 7) is 2.27. The fourth-order valence-corrected chi connectivity index (χ4v) is 2.08. The summed E-state index contributed by atoms with van der Waals surface area (Å²) in [5.74, 6) is 1.58. The molecule has 2 aliphatic rings. The second-order valence-electron chi connectivity index (χ2n) is 3.27. The molecule has 1 saturated carbocycles. The van der Waals surface area contributed by atoms with Gasteiger partial charge in [0.05, 0.1) is 6.04 Å². The molecule has 0 radical (unpaired) electrons. The highest BCUT2D eigenvalue weighted by molar-refractivity contribution is 5.06. The van der Waals surface area contributed by atoms with E-state index in [9.17, 15) is 0 Å². The summed E-state index contributed by atoms with van der Waals surface area (Å²) >= 11 is 0. The van der Waals surface area contributed by atoms with Gasteiger partial charge in [-0.15, -0.1) is 5.10 Å². The average molecular weight is 151 g/mol. The maximum absolute atomic E-state index is 3.89. The second kappa shape index (κ2) is 1.79. The Morgan fingerprint density at radius 1 is 1.36 bits per heavy atom. The third-order valence-corrected chi connectivity index (χ3v) is 2.72. The number of nitrogens with zero attached hydrogens (tertiary/aromatic N) is 4. The zero-order valence-electron chi connectivity index (χ0n) is 6.01. The zero-order valence-corrected chi connectivity index (χ0v) is 6.01. The van der Waals surface area contributed by atoms with Crippen LogP contribution in [0.25, 0.3) is 0 Å². The van der Waals surface area contributed by atoms with E-state index in [-0.39, 0.29) is 0 Å². The van der Waals surface area contributed by atoms with Crippen molar-refractivity contribution in [3.63, 3.8) is 0 Å². The molecule has 1 N–H and O–H groups in total. The first-order valence-corrected chi connectivity index (χ1v) is 3.90. The fourth-order valence-electron chi connectivity index (χ4n) is 2.08. The molecule has 1 aliphatic carbocycles. The Morgan fingerprint density at radius 2 is 2.18 bits per heavy atom. The molecule has 3 rings (SSSR count). The highest BCUT2D eigenvalue weighted by atomic mass is 15.5. The minimum absolute atomic E-state index is 0.589. The molecule has 0 aromatic carbocycles. The average Bonchev–Trinajstić information content (AvgIpc) is 2.57. The number of hydrogen-bond donors (Lipinski definition) is 1. The molecular formula is C6H9N5. The van der Waals surface area contributed by atoms with Crippen LogP contribution in [-0.4, -0.2) is 33.3 Å². The number of rotatable bonds is 1. The Bertz CT molecular complexity index is 246. The number of piperidine rings is 1. The molecule has 1 aromatic rings. The van der Waals surface area contributed by atoms with Gasteiger partial charge in [0.1, 0.15) is 6.33 Å². The van der Waals surface area contributed by atoms with Crippen molar-refractivity contribution >= 4 is 0 Å². The molecule has 2 fully saturated rings. The van der Waals surface area contributed by atoms with E-state index in [1.165, 1.54) is 0 Å². The first kappa shape index (κ1) is 5.65. The number of fused-ring (bicyclic) bond motifs is 1. The van der Waals surface area contributed by atoms with Crippen molar-refractivity contribution in [3.8, 4) is 0 Å². The SMILES string of the molecule is c1nnnn1C1C2CNCC21. The predicted octanol–water partition coefficient (Wildman–Crippen LogP) is -0.937. The topological polar surface area (TPSA) is 55.6 Å². The lowest BCUT2D eigenvalue weighted by atomic mass is 10.4. The van der Waals surface area contributed by atoms with Crippen LogP contribution in [0.5, 0.6) is 0 Å². The van der Waals surface area contributed by atoms with E-state index < -0.39 is 0 Å². The highest BCUT2D eigenvalue weighted by Gasteiger charge is 2.54. The van der Waals surface area contributed by atoms with Crippen LogP contribution >= 0.6 is 0 Å². The highest BCUT2D eigenvalue weighted by Crippen LogP contribution is 2.51. The van der Waals surface area contributed by atoms with Crippen LogP contribution < -0.4 is 5.32 Å². The van der Waals surface area contributed by atoms with Gasteiger partial charge >= 0.3 is 0 Å². The molecule has 5 nitrogen and oxygen atoms in total. The molecule has 5 heteroatoms. The summed E-state index contributed by atoms with van der Waals surface area (Å²) in [4.78, 5) is 0. The number of aromatic nitrogens is 4. The van der Waals surface area contributed by atoms with Gasteiger partial charge in [-0.25, -0.2) is 4.68 Å². The summed E-state index contributed by atoms with van der Waals surface area (Å²) in [6.07, 6.45) is 1.71. The minimum Gasteiger partial charge on any atom is -0.316 e. The van der Waals surface area contributed by atoms with Gasteiger partial charge in [-0.3, -0.25) is 0 Å². The quantitative estimate of drug-likeness (QED) is 0.563. The van der Waals surface area contributed by atoms with Crippen molar-refractivity contribution in [1.82, 2.24) is 25.5 Å². The molecule has 1 saturated heterocycles. The molecule has 1 aliphatic heterocycles. The molecular weight excluding hydrogens is 142 g/mol. The lowest BCUT2D eigenvalue weighted by Gasteiger charge is -2.01. The number of hydrogen-bond acceptors (Lipinski definition) is 4. The van der Waals surface area contributed by atoms with Gasteiger partial charge < -0.3 is 5.32 Å². The summed E-state index contributed by atoms with van der Waals surface area (Å²) in [5.41, 5.74) is 0. The third-order valence-electron chi connectivity index (χ3n) is 2.72. The number of nitrogens with one attached hydrogen (secondary N) is 1. The molecule has 0 spiro atoms. The maximum Gasteiger partial charge on any atom is 0.138 e. The largest absolute Gasteiger partial charge is 0.316 e. The van der Waals surface area contributed by atoms with E-state index in [1.54, 1.807) is 6.33 Å².